The SMILES string of the molecule is CN(C)CCN(C)P1(=O)N(C)C(=O)N(C)C(=O)N1C. The van der Waals surface area contributed by atoms with Crippen LogP contribution in [0, 0.1) is 0 Å². The van der Waals surface area contributed by atoms with Crippen molar-refractivity contribution in [1.29, 1.82) is 0 Å². The molecule has 0 aromatic rings. The molecule has 0 radical (unpaired) electrons. The average molecular weight is 291 g/mol. The highest BCUT2D eigenvalue weighted by Crippen LogP contribution is 2.56. The first kappa shape index (κ1) is 15.9. The van der Waals surface area contributed by atoms with Crippen molar-refractivity contribution in [2.24, 2.45) is 0 Å². The third-order valence-corrected chi connectivity index (χ3v) is 6.22. The predicted octanol–water partition coefficient (Wildman–Crippen LogP) is 0.637. The van der Waals surface area contributed by atoms with E-state index in [-0.39, 0.29) is 0 Å². The molecule has 0 saturated carbocycles. The minimum atomic E-state index is -3.36. The van der Waals surface area contributed by atoms with Gasteiger partial charge < -0.3 is 4.90 Å². The molecule has 0 N–H and O–H groups in total. The summed E-state index contributed by atoms with van der Waals surface area (Å²) in [4.78, 5) is 26.8. The van der Waals surface area contributed by atoms with Crippen LogP contribution in [0.3, 0.4) is 0 Å². The van der Waals surface area contributed by atoms with E-state index in [1.165, 1.54) is 21.1 Å². The van der Waals surface area contributed by atoms with E-state index in [0.717, 1.165) is 14.2 Å². The average Bonchev–Trinajstić information content (AvgIpc) is 2.37. The van der Waals surface area contributed by atoms with Gasteiger partial charge in [0.25, 0.3) is 0 Å². The fourth-order valence-electron chi connectivity index (χ4n) is 1.87. The van der Waals surface area contributed by atoms with Crippen LogP contribution in [0.25, 0.3) is 0 Å². The Labute approximate surface area is 114 Å². The third-order valence-electron chi connectivity index (χ3n) is 3.22. The molecule has 0 aromatic carbocycles. The molecule has 0 atom stereocenters. The minimum absolute atomic E-state index is 0.489. The van der Waals surface area contributed by atoms with E-state index in [2.05, 4.69) is 0 Å². The maximum Gasteiger partial charge on any atom is 0.342 e. The van der Waals surface area contributed by atoms with Crippen molar-refractivity contribution in [1.82, 2.24) is 23.8 Å². The standard InChI is InChI=1S/C10H22N5O3P/c1-11(2)7-8-12(3)19(18)14(5)9(16)13(4)10(17)15(19)6/h7-8H2,1-6H3. The van der Waals surface area contributed by atoms with Gasteiger partial charge >= 0.3 is 19.7 Å². The lowest BCUT2D eigenvalue weighted by molar-refractivity contribution is 0.158. The number of imide groups is 1. The summed E-state index contributed by atoms with van der Waals surface area (Å²) in [6.07, 6.45) is 0. The van der Waals surface area contributed by atoms with Crippen LogP contribution >= 0.6 is 7.59 Å². The lowest BCUT2D eigenvalue weighted by Gasteiger charge is -2.45. The lowest BCUT2D eigenvalue weighted by atomic mass is 10.6. The number of nitrogens with zero attached hydrogens (tertiary/aromatic N) is 5. The fraction of sp³-hybridized carbons (Fsp3) is 0.800. The highest BCUT2D eigenvalue weighted by atomic mass is 31.2. The molecule has 1 saturated heterocycles. The first-order chi connectivity index (χ1) is 8.63. The quantitative estimate of drug-likeness (QED) is 0.711. The maximum atomic E-state index is 13.1. The molecule has 1 fully saturated rings. The lowest BCUT2D eigenvalue weighted by Crippen LogP contribution is -2.56. The summed E-state index contributed by atoms with van der Waals surface area (Å²) in [5.74, 6) is 0. The van der Waals surface area contributed by atoms with Gasteiger partial charge in [-0.25, -0.2) is 28.5 Å². The molecular weight excluding hydrogens is 269 g/mol. The van der Waals surface area contributed by atoms with Crippen LogP contribution in [0.2, 0.25) is 0 Å². The van der Waals surface area contributed by atoms with Crippen LogP contribution in [-0.2, 0) is 4.57 Å². The Balaban J connectivity index is 3.03. The van der Waals surface area contributed by atoms with Crippen LogP contribution in [0.4, 0.5) is 9.59 Å². The van der Waals surface area contributed by atoms with Crippen molar-refractivity contribution < 1.29 is 14.2 Å². The Morgan fingerprint density at radius 3 is 1.74 bits per heavy atom. The smallest absolute Gasteiger partial charge is 0.308 e. The van der Waals surface area contributed by atoms with Crippen LogP contribution in [0.1, 0.15) is 0 Å². The van der Waals surface area contributed by atoms with E-state index in [0.29, 0.717) is 13.1 Å². The number of hydrogen-bond donors (Lipinski definition) is 0. The second-order valence-corrected chi connectivity index (χ2v) is 7.78. The van der Waals surface area contributed by atoms with E-state index in [9.17, 15) is 14.2 Å². The molecule has 0 unspecified atom stereocenters. The Morgan fingerprint density at radius 1 is 0.947 bits per heavy atom. The molecule has 1 heterocycles. The molecule has 19 heavy (non-hydrogen) atoms. The number of amides is 4. The van der Waals surface area contributed by atoms with Gasteiger partial charge in [-0.15, -0.1) is 0 Å². The molecular formula is C10H22N5O3P. The normalized spacial score (nSPS) is 19.9. The third kappa shape index (κ3) is 2.61. The first-order valence-electron chi connectivity index (χ1n) is 5.90. The zero-order valence-electron chi connectivity index (χ0n) is 12.3. The summed E-state index contributed by atoms with van der Waals surface area (Å²) in [6, 6.07) is -1.11. The zero-order chi connectivity index (χ0) is 15.0. The second-order valence-electron chi connectivity index (χ2n) is 4.87. The number of carbonyl (C=O) groups excluding carboxylic acids is 2. The number of likely N-dealkylation sites (N-methyl/N-ethyl adjacent to an activating group) is 2. The highest BCUT2D eigenvalue weighted by Gasteiger charge is 2.49. The van der Waals surface area contributed by atoms with Crippen molar-refractivity contribution in [2.45, 2.75) is 0 Å². The molecule has 1 rings (SSSR count). The summed E-state index contributed by atoms with van der Waals surface area (Å²) in [5.41, 5.74) is 0. The van der Waals surface area contributed by atoms with E-state index in [4.69, 9.17) is 0 Å². The van der Waals surface area contributed by atoms with E-state index in [1.807, 2.05) is 19.0 Å². The Morgan fingerprint density at radius 2 is 1.37 bits per heavy atom. The molecule has 0 spiro atoms. The van der Waals surface area contributed by atoms with E-state index < -0.39 is 19.7 Å². The van der Waals surface area contributed by atoms with Crippen LogP contribution < -0.4 is 0 Å². The van der Waals surface area contributed by atoms with Gasteiger partial charge in [-0.05, 0) is 21.1 Å². The second kappa shape index (κ2) is 5.48. The topological polar surface area (TPSA) is 67.4 Å². The monoisotopic (exact) mass is 291 g/mol. The number of rotatable bonds is 4. The van der Waals surface area contributed by atoms with Gasteiger partial charge in [0.1, 0.15) is 0 Å². The summed E-state index contributed by atoms with van der Waals surface area (Å²) >= 11 is 0. The summed E-state index contributed by atoms with van der Waals surface area (Å²) in [6.45, 7) is 1.17. The molecule has 110 valence electrons. The minimum Gasteiger partial charge on any atom is -0.308 e. The maximum absolute atomic E-state index is 13.1. The highest BCUT2D eigenvalue weighted by molar-refractivity contribution is 7.58. The van der Waals surface area contributed by atoms with Gasteiger partial charge in [0.2, 0.25) is 0 Å². The molecule has 0 aliphatic carbocycles. The largest absolute Gasteiger partial charge is 0.342 e. The van der Waals surface area contributed by atoms with Gasteiger partial charge in [-0.3, -0.25) is 4.57 Å². The number of carbonyl (C=O) groups is 2. The van der Waals surface area contributed by atoms with E-state index >= 15 is 0 Å². The molecule has 1 aliphatic rings. The Bertz CT molecular complexity index is 401. The molecule has 0 aromatic heterocycles. The van der Waals surface area contributed by atoms with E-state index in [1.54, 1.807) is 11.7 Å². The molecule has 1 aliphatic heterocycles. The molecule has 4 amide bonds. The van der Waals surface area contributed by atoms with Crippen molar-refractivity contribution in [2.75, 3.05) is 55.4 Å². The molecule has 8 nitrogen and oxygen atoms in total. The van der Waals surface area contributed by atoms with Gasteiger partial charge in [-0.2, -0.15) is 0 Å². The van der Waals surface area contributed by atoms with Crippen molar-refractivity contribution in [3.8, 4) is 0 Å². The Kier molecular flexibility index (Phi) is 4.60. The Hall–Kier alpha value is -1.11. The molecule has 0 bridgehead atoms. The number of urea groups is 2. The van der Waals surface area contributed by atoms with Crippen LogP contribution in [0.15, 0.2) is 0 Å². The number of hydrogen-bond acceptors (Lipinski definition) is 4. The van der Waals surface area contributed by atoms with Gasteiger partial charge in [0, 0.05) is 34.2 Å². The van der Waals surface area contributed by atoms with Crippen molar-refractivity contribution in [3.05, 3.63) is 0 Å². The van der Waals surface area contributed by atoms with Crippen LogP contribution in [0.5, 0.6) is 0 Å². The fourth-order valence-corrected chi connectivity index (χ4v) is 4.26. The zero-order valence-corrected chi connectivity index (χ0v) is 13.2. The van der Waals surface area contributed by atoms with Gasteiger partial charge in [0.15, 0.2) is 0 Å². The van der Waals surface area contributed by atoms with Crippen molar-refractivity contribution in [3.63, 3.8) is 0 Å². The van der Waals surface area contributed by atoms with Gasteiger partial charge in [0.05, 0.1) is 0 Å². The molecule has 9 heteroatoms. The summed E-state index contributed by atoms with van der Waals surface area (Å²) in [7, 11) is 6.39. The predicted molar refractivity (Wildman–Crippen MR) is 72.9 cm³/mol. The van der Waals surface area contributed by atoms with Gasteiger partial charge in [-0.1, -0.05) is 0 Å². The summed E-state index contributed by atoms with van der Waals surface area (Å²) in [5, 5.41) is 0. The van der Waals surface area contributed by atoms with Crippen molar-refractivity contribution >= 4 is 19.7 Å². The van der Waals surface area contributed by atoms with Crippen LogP contribution in [-0.4, -0.2) is 91.2 Å². The summed E-state index contributed by atoms with van der Waals surface area (Å²) < 4.78 is 16.9. The first-order valence-corrected chi connectivity index (χ1v) is 7.47.